The first-order valence-electron chi connectivity index (χ1n) is 6.32. The van der Waals surface area contributed by atoms with E-state index in [2.05, 4.69) is 25.8 Å². The van der Waals surface area contributed by atoms with Crippen LogP contribution in [0.5, 0.6) is 0 Å². The number of rotatable bonds is 4. The highest BCUT2D eigenvalue weighted by atomic mass is 32.1. The van der Waals surface area contributed by atoms with Crippen LogP contribution in [-0.4, -0.2) is 9.55 Å². The van der Waals surface area contributed by atoms with E-state index >= 15 is 0 Å². The summed E-state index contributed by atoms with van der Waals surface area (Å²) in [6.45, 7) is 6.35. The molecule has 0 aliphatic heterocycles. The molecular weight excluding hydrogens is 264 g/mol. The maximum Gasteiger partial charge on any atom is 0.272 e. The minimum atomic E-state index is -0.164. The molecule has 0 saturated carbocycles. The van der Waals surface area contributed by atoms with E-state index in [1.165, 1.54) is 11.3 Å². The summed E-state index contributed by atoms with van der Waals surface area (Å²) in [6, 6.07) is 1.91. The lowest BCUT2D eigenvalue weighted by molar-refractivity contribution is 0.239. The molecule has 0 spiro atoms. The van der Waals surface area contributed by atoms with E-state index in [1.54, 1.807) is 4.57 Å². The minimum absolute atomic E-state index is 0.0503. The quantitative estimate of drug-likeness (QED) is 0.859. The van der Waals surface area contributed by atoms with Gasteiger partial charge in [0.05, 0.1) is 5.52 Å². The fraction of sp³-hybridized carbons (Fsp3) is 0.538. The molecule has 98 valence electrons. The van der Waals surface area contributed by atoms with Gasteiger partial charge in [-0.15, -0.1) is 11.3 Å². The van der Waals surface area contributed by atoms with Crippen molar-refractivity contribution in [3.8, 4) is 0 Å². The number of hydrogen-bond acceptors (Lipinski definition) is 3. The number of nitrogens with one attached hydrogen (secondary N) is 1. The summed E-state index contributed by atoms with van der Waals surface area (Å²) < 4.78 is 3.10. The van der Waals surface area contributed by atoms with Gasteiger partial charge in [-0.05, 0) is 42.9 Å². The summed E-state index contributed by atoms with van der Waals surface area (Å²) >= 11 is 6.87. The standard InChI is InChI=1S/C13H18N2OS2/c1-4-13(5-2,6-3)15-11(16)10-9(7-8-18-10)14-12(15)17/h7-8H,4-6H2,1-3H3,(H,14,17). The molecule has 2 aromatic heterocycles. The number of nitrogens with zero attached hydrogens (tertiary/aromatic N) is 1. The normalized spacial score (nSPS) is 12.2. The lowest BCUT2D eigenvalue weighted by Crippen LogP contribution is -2.40. The van der Waals surface area contributed by atoms with Gasteiger partial charge < -0.3 is 4.98 Å². The molecule has 0 atom stereocenters. The molecule has 0 radical (unpaired) electrons. The molecule has 18 heavy (non-hydrogen) atoms. The van der Waals surface area contributed by atoms with E-state index in [-0.39, 0.29) is 11.1 Å². The summed E-state index contributed by atoms with van der Waals surface area (Å²) in [4.78, 5) is 15.8. The molecule has 0 aliphatic carbocycles. The van der Waals surface area contributed by atoms with Crippen LogP contribution in [-0.2, 0) is 5.54 Å². The second kappa shape index (κ2) is 4.97. The Labute approximate surface area is 115 Å². The van der Waals surface area contributed by atoms with Crippen LogP contribution in [0.2, 0.25) is 0 Å². The van der Waals surface area contributed by atoms with Gasteiger partial charge in [-0.1, -0.05) is 20.8 Å². The van der Waals surface area contributed by atoms with E-state index in [0.29, 0.717) is 4.77 Å². The van der Waals surface area contributed by atoms with Crippen molar-refractivity contribution in [1.82, 2.24) is 9.55 Å². The fourth-order valence-corrected chi connectivity index (χ4v) is 3.76. The summed E-state index contributed by atoms with van der Waals surface area (Å²) in [5.74, 6) is 0. The highest BCUT2D eigenvalue weighted by molar-refractivity contribution is 7.71. The number of hydrogen-bond donors (Lipinski definition) is 1. The molecule has 0 bridgehead atoms. The molecule has 2 heterocycles. The molecule has 0 amide bonds. The Kier molecular flexibility index (Phi) is 3.73. The van der Waals surface area contributed by atoms with Crippen molar-refractivity contribution in [1.29, 1.82) is 0 Å². The van der Waals surface area contributed by atoms with Crippen LogP contribution in [0.15, 0.2) is 16.2 Å². The van der Waals surface area contributed by atoms with Gasteiger partial charge in [0, 0.05) is 5.54 Å². The molecule has 0 aromatic carbocycles. The van der Waals surface area contributed by atoms with Crippen molar-refractivity contribution in [3.63, 3.8) is 0 Å². The SMILES string of the molecule is CCC(CC)(CC)n1c(=S)[nH]c2ccsc2c1=O. The fourth-order valence-electron chi connectivity index (χ4n) is 2.59. The van der Waals surface area contributed by atoms with Crippen LogP contribution in [0.25, 0.3) is 10.2 Å². The molecular formula is C13H18N2OS2. The average molecular weight is 282 g/mol. The zero-order chi connectivity index (χ0) is 13.3. The first kappa shape index (κ1) is 13.5. The monoisotopic (exact) mass is 282 g/mol. The van der Waals surface area contributed by atoms with E-state index in [9.17, 15) is 4.79 Å². The Morgan fingerprint density at radius 2 is 1.94 bits per heavy atom. The third kappa shape index (κ3) is 1.86. The molecule has 2 aromatic rings. The zero-order valence-electron chi connectivity index (χ0n) is 10.9. The first-order valence-corrected chi connectivity index (χ1v) is 7.61. The van der Waals surface area contributed by atoms with Gasteiger partial charge in [0.1, 0.15) is 4.70 Å². The van der Waals surface area contributed by atoms with Crippen LogP contribution < -0.4 is 5.56 Å². The lowest BCUT2D eigenvalue weighted by Gasteiger charge is -2.32. The van der Waals surface area contributed by atoms with Crippen molar-refractivity contribution in [2.24, 2.45) is 0 Å². The Hall–Kier alpha value is -0.940. The Morgan fingerprint density at radius 3 is 2.50 bits per heavy atom. The highest BCUT2D eigenvalue weighted by Crippen LogP contribution is 2.28. The largest absolute Gasteiger partial charge is 0.331 e. The van der Waals surface area contributed by atoms with E-state index in [0.717, 1.165) is 29.5 Å². The van der Waals surface area contributed by atoms with E-state index in [1.807, 2.05) is 11.4 Å². The van der Waals surface area contributed by atoms with Gasteiger partial charge in [0.25, 0.3) is 5.56 Å². The third-order valence-corrected chi connectivity index (χ3v) is 5.14. The Balaban J connectivity index is 2.85. The predicted octanol–water partition coefficient (Wildman–Crippen LogP) is 4.05. The van der Waals surface area contributed by atoms with Gasteiger partial charge in [0.2, 0.25) is 0 Å². The van der Waals surface area contributed by atoms with Gasteiger partial charge in [0.15, 0.2) is 4.77 Å². The van der Waals surface area contributed by atoms with Crippen LogP contribution in [0.1, 0.15) is 40.0 Å². The lowest BCUT2D eigenvalue weighted by atomic mass is 9.89. The molecule has 0 fully saturated rings. The second-order valence-electron chi connectivity index (χ2n) is 4.52. The Bertz CT molecular complexity index is 653. The maximum absolute atomic E-state index is 12.6. The summed E-state index contributed by atoms with van der Waals surface area (Å²) in [6.07, 6.45) is 2.73. The van der Waals surface area contributed by atoms with Crippen LogP contribution in [0.4, 0.5) is 0 Å². The molecule has 5 heteroatoms. The number of H-pyrrole nitrogens is 1. The van der Waals surface area contributed by atoms with Crippen molar-refractivity contribution >= 4 is 33.8 Å². The van der Waals surface area contributed by atoms with Crippen molar-refractivity contribution in [2.45, 2.75) is 45.6 Å². The predicted molar refractivity (Wildman–Crippen MR) is 80.1 cm³/mol. The molecule has 0 aliphatic rings. The third-order valence-electron chi connectivity index (χ3n) is 3.96. The maximum atomic E-state index is 12.6. The van der Waals surface area contributed by atoms with Crippen molar-refractivity contribution in [3.05, 3.63) is 26.6 Å². The van der Waals surface area contributed by atoms with Gasteiger partial charge >= 0.3 is 0 Å². The zero-order valence-corrected chi connectivity index (χ0v) is 12.6. The highest BCUT2D eigenvalue weighted by Gasteiger charge is 2.29. The number of thiophene rings is 1. The topological polar surface area (TPSA) is 37.8 Å². The summed E-state index contributed by atoms with van der Waals surface area (Å²) in [7, 11) is 0. The Morgan fingerprint density at radius 1 is 1.33 bits per heavy atom. The summed E-state index contributed by atoms with van der Waals surface area (Å²) in [5, 5.41) is 1.92. The van der Waals surface area contributed by atoms with Crippen LogP contribution in [0.3, 0.4) is 0 Å². The number of fused-ring (bicyclic) bond motifs is 1. The number of aromatic amines is 1. The van der Waals surface area contributed by atoms with Crippen LogP contribution >= 0.6 is 23.6 Å². The summed E-state index contributed by atoms with van der Waals surface area (Å²) in [5.41, 5.74) is 0.737. The van der Waals surface area contributed by atoms with E-state index < -0.39 is 0 Å². The molecule has 2 rings (SSSR count). The van der Waals surface area contributed by atoms with Gasteiger partial charge in [-0.3, -0.25) is 9.36 Å². The van der Waals surface area contributed by atoms with E-state index in [4.69, 9.17) is 12.2 Å². The average Bonchev–Trinajstić information content (AvgIpc) is 2.83. The molecule has 0 saturated heterocycles. The molecule has 3 nitrogen and oxygen atoms in total. The van der Waals surface area contributed by atoms with Gasteiger partial charge in [-0.2, -0.15) is 0 Å². The smallest absolute Gasteiger partial charge is 0.272 e. The minimum Gasteiger partial charge on any atom is -0.331 e. The second-order valence-corrected chi connectivity index (χ2v) is 5.82. The van der Waals surface area contributed by atoms with Crippen LogP contribution in [0, 0.1) is 4.77 Å². The number of aromatic nitrogens is 2. The van der Waals surface area contributed by atoms with Crippen molar-refractivity contribution < 1.29 is 0 Å². The van der Waals surface area contributed by atoms with Crippen molar-refractivity contribution in [2.75, 3.05) is 0 Å². The molecule has 0 unspecified atom stereocenters. The van der Waals surface area contributed by atoms with Gasteiger partial charge in [-0.25, -0.2) is 0 Å². The molecule has 1 N–H and O–H groups in total. The first-order chi connectivity index (χ1) is 8.59.